The van der Waals surface area contributed by atoms with Crippen molar-refractivity contribution in [2.24, 2.45) is 0 Å². The largest absolute Gasteiger partial charge is 0.286 e. The molecule has 1 aliphatic heterocycles. The Kier molecular flexibility index (Phi) is 5.04. The molecule has 0 atom stereocenters. The number of nitrogens with zero attached hydrogens (tertiary/aromatic N) is 1. The lowest BCUT2D eigenvalue weighted by Gasteiger charge is -2.37. The quantitative estimate of drug-likeness (QED) is 0.653. The number of hydrogen-bond acceptors (Lipinski definition) is 4. The van der Waals surface area contributed by atoms with E-state index < -0.39 is 0 Å². The van der Waals surface area contributed by atoms with Crippen LogP contribution in [-0.4, -0.2) is 46.4 Å². The molecule has 4 heteroatoms. The third kappa shape index (κ3) is 4.10. The molecule has 1 saturated heterocycles. The monoisotopic (exact) mass is 243 g/mol. The van der Waals surface area contributed by atoms with Gasteiger partial charge in [0.1, 0.15) is 0 Å². The van der Waals surface area contributed by atoms with Gasteiger partial charge in [-0.25, -0.2) is 0 Å². The van der Waals surface area contributed by atoms with Gasteiger partial charge in [0.25, 0.3) is 5.12 Å². The molecule has 0 N–H and O–H groups in total. The van der Waals surface area contributed by atoms with Crippen LogP contribution in [0, 0.1) is 11.8 Å². The molecule has 1 aliphatic rings. The summed E-state index contributed by atoms with van der Waals surface area (Å²) in [5, 5.41) is -0.0468. The summed E-state index contributed by atoms with van der Waals surface area (Å²) in [6, 6.07) is 0. The summed E-state index contributed by atoms with van der Waals surface area (Å²) in [5.41, 5.74) is -0.174. The van der Waals surface area contributed by atoms with Gasteiger partial charge in [-0.15, -0.1) is 0 Å². The molecular weight excluding hydrogens is 226 g/mol. The molecule has 1 fully saturated rings. The Morgan fingerprint density at radius 1 is 1.40 bits per heavy atom. The zero-order chi connectivity index (χ0) is 11.3. The lowest BCUT2D eigenvalue weighted by atomic mass is 10.0. The lowest BCUT2D eigenvalue weighted by Crippen LogP contribution is -2.47. The van der Waals surface area contributed by atoms with Gasteiger partial charge in [0.2, 0.25) is 0 Å². The molecule has 0 aliphatic carbocycles. The van der Waals surface area contributed by atoms with Crippen LogP contribution in [0.5, 0.6) is 0 Å². The minimum Gasteiger partial charge on any atom is -0.286 e. The molecule has 0 saturated carbocycles. The number of hydrogen-bond donors (Lipinski definition) is 0. The summed E-state index contributed by atoms with van der Waals surface area (Å²) in [5.74, 6) is 8.11. The van der Waals surface area contributed by atoms with Crippen LogP contribution in [0.15, 0.2) is 0 Å². The van der Waals surface area contributed by atoms with Crippen LogP contribution < -0.4 is 0 Å². The average Bonchev–Trinajstić information content (AvgIpc) is 2.27. The second-order valence-corrected chi connectivity index (χ2v) is 5.90. The van der Waals surface area contributed by atoms with Crippen LogP contribution in [0.2, 0.25) is 0 Å². The van der Waals surface area contributed by atoms with Crippen molar-refractivity contribution in [3.63, 3.8) is 0 Å². The topological polar surface area (TPSA) is 20.3 Å². The fraction of sp³-hybridized carbons (Fsp3) is 0.727. The molecular formula is C11H17NOS2. The van der Waals surface area contributed by atoms with E-state index in [0.717, 1.165) is 13.1 Å². The van der Waals surface area contributed by atoms with Crippen LogP contribution >= 0.6 is 23.5 Å². The zero-order valence-corrected chi connectivity index (χ0v) is 11.1. The number of rotatable bonds is 1. The third-order valence-electron chi connectivity index (χ3n) is 2.46. The first-order chi connectivity index (χ1) is 7.06. The van der Waals surface area contributed by atoms with Crippen LogP contribution in [-0.2, 0) is 4.79 Å². The highest BCUT2D eigenvalue weighted by Gasteiger charge is 2.25. The highest BCUT2D eigenvalue weighted by atomic mass is 32.2. The second-order valence-electron chi connectivity index (χ2n) is 3.90. The highest BCUT2D eigenvalue weighted by Crippen LogP contribution is 2.19. The Bertz CT molecular complexity index is 285. The van der Waals surface area contributed by atoms with Gasteiger partial charge in [-0.3, -0.25) is 9.69 Å². The summed E-state index contributed by atoms with van der Waals surface area (Å²) in [6.07, 6.45) is 1.77. The number of carbonyl (C=O) groups excluding carboxylic acids is 1. The molecule has 0 aromatic heterocycles. The zero-order valence-electron chi connectivity index (χ0n) is 9.50. The van der Waals surface area contributed by atoms with Crippen LogP contribution in [0.3, 0.4) is 0 Å². The number of thioether (sulfide) groups is 2. The van der Waals surface area contributed by atoms with Crippen molar-refractivity contribution in [3.8, 4) is 11.8 Å². The van der Waals surface area contributed by atoms with E-state index in [1.807, 2.05) is 11.8 Å². The van der Waals surface area contributed by atoms with Crippen LogP contribution in [0.25, 0.3) is 0 Å². The van der Waals surface area contributed by atoms with Crippen molar-refractivity contribution in [1.82, 2.24) is 4.90 Å². The summed E-state index contributed by atoms with van der Waals surface area (Å²) >= 11 is 3.16. The van der Waals surface area contributed by atoms with E-state index in [-0.39, 0.29) is 10.7 Å². The van der Waals surface area contributed by atoms with E-state index in [9.17, 15) is 4.79 Å². The first-order valence-corrected chi connectivity index (χ1v) is 7.38. The maximum absolute atomic E-state index is 11.1. The average molecular weight is 243 g/mol. The minimum atomic E-state index is -0.174. The Balaban J connectivity index is 2.62. The van der Waals surface area contributed by atoms with Crippen LogP contribution in [0.1, 0.15) is 13.8 Å². The van der Waals surface area contributed by atoms with Crippen molar-refractivity contribution in [3.05, 3.63) is 0 Å². The molecule has 2 nitrogen and oxygen atoms in total. The molecule has 0 radical (unpaired) electrons. The van der Waals surface area contributed by atoms with Crippen molar-refractivity contribution >= 4 is 28.6 Å². The predicted octanol–water partition coefficient (Wildman–Crippen LogP) is 1.71. The summed E-state index contributed by atoms with van der Waals surface area (Å²) in [7, 11) is 0. The summed E-state index contributed by atoms with van der Waals surface area (Å²) < 4.78 is 0. The fourth-order valence-corrected chi connectivity index (χ4v) is 2.51. The van der Waals surface area contributed by atoms with Crippen molar-refractivity contribution in [2.75, 3.05) is 30.9 Å². The molecule has 1 heterocycles. The molecule has 0 unspecified atom stereocenters. The van der Waals surface area contributed by atoms with E-state index >= 15 is 0 Å². The van der Waals surface area contributed by atoms with E-state index in [2.05, 4.69) is 30.6 Å². The van der Waals surface area contributed by atoms with E-state index in [1.165, 1.54) is 23.3 Å². The molecule has 15 heavy (non-hydrogen) atoms. The van der Waals surface area contributed by atoms with Gasteiger partial charge in [0, 0.05) is 24.6 Å². The maximum atomic E-state index is 11.1. The maximum Gasteiger partial charge on any atom is 0.262 e. The van der Waals surface area contributed by atoms with E-state index in [4.69, 9.17) is 0 Å². The highest BCUT2D eigenvalue weighted by molar-refractivity contribution is 8.13. The molecule has 0 spiro atoms. The first kappa shape index (κ1) is 13.0. The Hall–Kier alpha value is -0.110. The van der Waals surface area contributed by atoms with Gasteiger partial charge in [-0.2, -0.15) is 11.8 Å². The number of carbonyl (C=O) groups is 1. The molecule has 1 rings (SSSR count). The minimum absolute atomic E-state index is 0.0468. The van der Waals surface area contributed by atoms with Crippen molar-refractivity contribution in [1.29, 1.82) is 0 Å². The Labute approximate surface area is 101 Å². The molecule has 0 bridgehead atoms. The van der Waals surface area contributed by atoms with Crippen molar-refractivity contribution < 1.29 is 4.79 Å². The van der Waals surface area contributed by atoms with Crippen molar-refractivity contribution in [2.45, 2.75) is 19.4 Å². The standard InChI is InChI=1S/C11H17NOS2/c1-11(2,5-4-10(13)14-3)12-6-8-15-9-7-12/h6-9H2,1-3H3. The predicted molar refractivity (Wildman–Crippen MR) is 69.3 cm³/mol. The summed E-state index contributed by atoms with van der Waals surface area (Å²) in [6.45, 7) is 6.31. The van der Waals surface area contributed by atoms with Gasteiger partial charge in [0.05, 0.1) is 5.54 Å². The van der Waals surface area contributed by atoms with E-state index in [0.29, 0.717) is 0 Å². The van der Waals surface area contributed by atoms with Crippen LogP contribution in [0.4, 0.5) is 0 Å². The van der Waals surface area contributed by atoms with Gasteiger partial charge < -0.3 is 0 Å². The van der Waals surface area contributed by atoms with Gasteiger partial charge in [-0.1, -0.05) is 17.7 Å². The molecule has 0 aromatic rings. The molecule has 84 valence electrons. The fourth-order valence-electron chi connectivity index (χ4n) is 1.46. The SMILES string of the molecule is CSC(=O)C#CC(C)(C)N1CCSCC1. The van der Waals surface area contributed by atoms with E-state index in [1.54, 1.807) is 6.26 Å². The van der Waals surface area contributed by atoms with Gasteiger partial charge in [-0.05, 0) is 26.0 Å². The smallest absolute Gasteiger partial charge is 0.262 e. The van der Waals surface area contributed by atoms with Gasteiger partial charge in [0.15, 0.2) is 0 Å². The molecule has 0 amide bonds. The summed E-state index contributed by atoms with van der Waals surface area (Å²) in [4.78, 5) is 13.5. The Morgan fingerprint density at radius 2 is 2.00 bits per heavy atom. The lowest BCUT2D eigenvalue weighted by molar-refractivity contribution is -0.106. The molecule has 0 aromatic carbocycles. The Morgan fingerprint density at radius 3 is 2.53 bits per heavy atom. The van der Waals surface area contributed by atoms with Gasteiger partial charge >= 0.3 is 0 Å². The third-order valence-corrected chi connectivity index (χ3v) is 3.87. The first-order valence-electron chi connectivity index (χ1n) is 5.00. The second kappa shape index (κ2) is 5.83. The normalized spacial score (nSPS) is 18.1.